The van der Waals surface area contributed by atoms with Crippen molar-refractivity contribution in [2.45, 2.75) is 77.9 Å². The van der Waals surface area contributed by atoms with Gasteiger partial charge in [-0.2, -0.15) is 0 Å². The minimum Gasteiger partial charge on any atom is -0.352 e. The molecule has 0 aromatic carbocycles. The van der Waals surface area contributed by atoms with Crippen LogP contribution in [0.2, 0.25) is 0 Å². The van der Waals surface area contributed by atoms with Gasteiger partial charge in [0.2, 0.25) is 5.91 Å². The normalized spacial score (nSPS) is 20.7. The minimum absolute atomic E-state index is 0.0762. The summed E-state index contributed by atoms with van der Waals surface area (Å²) in [5.74, 6) is 1.05. The second-order valence-electron chi connectivity index (χ2n) is 5.49. The molecule has 3 heteroatoms. The van der Waals surface area contributed by atoms with Crippen molar-refractivity contribution in [1.82, 2.24) is 10.6 Å². The molecule has 0 bridgehead atoms. The fourth-order valence-corrected chi connectivity index (χ4v) is 2.01. The first-order valence-electron chi connectivity index (χ1n) is 7.13. The van der Waals surface area contributed by atoms with Crippen LogP contribution in [-0.4, -0.2) is 24.0 Å². The molecule has 3 nitrogen and oxygen atoms in total. The Labute approximate surface area is 106 Å². The quantitative estimate of drug-likeness (QED) is 0.684. The number of hydrogen-bond acceptors (Lipinski definition) is 2. The van der Waals surface area contributed by atoms with Crippen LogP contribution in [-0.2, 0) is 4.79 Å². The van der Waals surface area contributed by atoms with Gasteiger partial charge in [-0.05, 0) is 39.0 Å². The van der Waals surface area contributed by atoms with Gasteiger partial charge < -0.3 is 10.6 Å². The molecule has 1 fully saturated rings. The summed E-state index contributed by atoms with van der Waals surface area (Å²) in [6, 6.07) is 0.697. The molecule has 3 atom stereocenters. The summed E-state index contributed by atoms with van der Waals surface area (Å²) in [6.07, 6.45) is 6.09. The smallest absolute Gasteiger partial charge is 0.237 e. The van der Waals surface area contributed by atoms with E-state index in [1.165, 1.54) is 19.3 Å². The van der Waals surface area contributed by atoms with E-state index in [9.17, 15) is 4.79 Å². The molecule has 0 aromatic rings. The molecular formula is C14H28N2O. The van der Waals surface area contributed by atoms with Crippen LogP contribution in [0, 0.1) is 5.92 Å². The Kier molecular flexibility index (Phi) is 5.96. The number of rotatable bonds is 8. The monoisotopic (exact) mass is 240 g/mol. The summed E-state index contributed by atoms with van der Waals surface area (Å²) >= 11 is 0. The van der Waals surface area contributed by atoms with Crippen LogP contribution in [0.5, 0.6) is 0 Å². The van der Waals surface area contributed by atoms with Gasteiger partial charge in [0.05, 0.1) is 6.04 Å². The molecule has 3 unspecified atom stereocenters. The Morgan fingerprint density at radius 1 is 1.24 bits per heavy atom. The average Bonchev–Trinajstić information content (AvgIpc) is 3.11. The van der Waals surface area contributed by atoms with Crippen molar-refractivity contribution in [2.75, 3.05) is 0 Å². The van der Waals surface area contributed by atoms with Crippen LogP contribution in [0.3, 0.4) is 0 Å². The Morgan fingerprint density at radius 3 is 2.35 bits per heavy atom. The highest BCUT2D eigenvalue weighted by Crippen LogP contribution is 2.34. The van der Waals surface area contributed by atoms with Crippen LogP contribution < -0.4 is 10.6 Å². The van der Waals surface area contributed by atoms with Gasteiger partial charge in [-0.25, -0.2) is 0 Å². The highest BCUT2D eigenvalue weighted by molar-refractivity contribution is 5.81. The predicted octanol–water partition coefficient (Wildman–Crippen LogP) is 2.46. The molecule has 1 rings (SSSR count). The van der Waals surface area contributed by atoms with Crippen molar-refractivity contribution < 1.29 is 4.79 Å². The predicted molar refractivity (Wildman–Crippen MR) is 71.9 cm³/mol. The molecule has 100 valence electrons. The Hall–Kier alpha value is -0.570. The first-order chi connectivity index (χ1) is 8.06. The van der Waals surface area contributed by atoms with Crippen LogP contribution in [0.1, 0.15) is 59.8 Å². The molecule has 1 aliphatic carbocycles. The lowest BCUT2D eigenvalue weighted by molar-refractivity contribution is -0.123. The molecule has 0 aromatic heterocycles. The standard InChI is InChI=1S/C14H28N2O/c1-5-10(3)15-14(17)11(4)16-13(6-2)9-12-7-8-12/h10-13,16H,5-9H2,1-4H3,(H,15,17). The SMILES string of the molecule is CCC(C)NC(=O)C(C)NC(CC)CC1CC1. The van der Waals surface area contributed by atoms with E-state index in [2.05, 4.69) is 24.5 Å². The number of carbonyl (C=O) groups excluding carboxylic acids is 1. The van der Waals surface area contributed by atoms with Crippen molar-refractivity contribution in [3.8, 4) is 0 Å². The van der Waals surface area contributed by atoms with Crippen molar-refractivity contribution >= 4 is 5.91 Å². The molecule has 0 radical (unpaired) electrons. The van der Waals surface area contributed by atoms with Gasteiger partial charge >= 0.3 is 0 Å². The summed E-state index contributed by atoms with van der Waals surface area (Å²) < 4.78 is 0. The van der Waals surface area contributed by atoms with E-state index in [0.717, 1.165) is 18.8 Å². The van der Waals surface area contributed by atoms with Gasteiger partial charge in [0.15, 0.2) is 0 Å². The lowest BCUT2D eigenvalue weighted by Gasteiger charge is -2.23. The van der Waals surface area contributed by atoms with Crippen molar-refractivity contribution in [3.63, 3.8) is 0 Å². The van der Waals surface area contributed by atoms with E-state index >= 15 is 0 Å². The number of carbonyl (C=O) groups is 1. The zero-order valence-corrected chi connectivity index (χ0v) is 11.8. The maximum absolute atomic E-state index is 11.9. The van der Waals surface area contributed by atoms with E-state index in [-0.39, 0.29) is 18.0 Å². The molecule has 1 saturated carbocycles. The first kappa shape index (κ1) is 14.5. The van der Waals surface area contributed by atoms with Gasteiger partial charge in [-0.15, -0.1) is 0 Å². The minimum atomic E-state index is -0.0762. The largest absolute Gasteiger partial charge is 0.352 e. The van der Waals surface area contributed by atoms with E-state index in [1.54, 1.807) is 0 Å². The molecule has 0 aliphatic heterocycles. The Morgan fingerprint density at radius 2 is 1.88 bits per heavy atom. The van der Waals surface area contributed by atoms with Gasteiger partial charge in [-0.3, -0.25) is 4.79 Å². The van der Waals surface area contributed by atoms with Gasteiger partial charge in [0.25, 0.3) is 0 Å². The molecule has 17 heavy (non-hydrogen) atoms. The van der Waals surface area contributed by atoms with Gasteiger partial charge in [0.1, 0.15) is 0 Å². The van der Waals surface area contributed by atoms with Crippen LogP contribution in [0.25, 0.3) is 0 Å². The molecule has 1 aliphatic rings. The summed E-state index contributed by atoms with van der Waals surface area (Å²) in [7, 11) is 0. The Balaban J connectivity index is 2.29. The molecular weight excluding hydrogens is 212 g/mol. The fraction of sp³-hybridized carbons (Fsp3) is 0.929. The number of amides is 1. The maximum Gasteiger partial charge on any atom is 0.237 e. The van der Waals surface area contributed by atoms with E-state index in [4.69, 9.17) is 0 Å². The zero-order valence-electron chi connectivity index (χ0n) is 11.8. The van der Waals surface area contributed by atoms with Crippen molar-refractivity contribution in [3.05, 3.63) is 0 Å². The van der Waals surface area contributed by atoms with Crippen LogP contribution >= 0.6 is 0 Å². The summed E-state index contributed by atoms with van der Waals surface area (Å²) in [5.41, 5.74) is 0. The summed E-state index contributed by atoms with van der Waals surface area (Å²) in [5, 5.41) is 6.48. The number of nitrogens with one attached hydrogen (secondary N) is 2. The number of hydrogen-bond donors (Lipinski definition) is 2. The van der Waals surface area contributed by atoms with E-state index in [0.29, 0.717) is 6.04 Å². The third kappa shape index (κ3) is 5.53. The summed E-state index contributed by atoms with van der Waals surface area (Å²) in [6.45, 7) is 8.30. The van der Waals surface area contributed by atoms with Gasteiger partial charge in [0, 0.05) is 12.1 Å². The highest BCUT2D eigenvalue weighted by atomic mass is 16.2. The second-order valence-corrected chi connectivity index (χ2v) is 5.49. The second kappa shape index (κ2) is 7.00. The van der Waals surface area contributed by atoms with Crippen molar-refractivity contribution in [1.29, 1.82) is 0 Å². The zero-order chi connectivity index (χ0) is 12.8. The Bertz CT molecular complexity index is 238. The van der Waals surface area contributed by atoms with E-state index in [1.807, 2.05) is 13.8 Å². The average molecular weight is 240 g/mol. The first-order valence-corrected chi connectivity index (χ1v) is 7.13. The molecule has 0 heterocycles. The lowest BCUT2D eigenvalue weighted by Crippen LogP contribution is -2.48. The molecule has 0 spiro atoms. The summed E-state index contributed by atoms with van der Waals surface area (Å²) in [4.78, 5) is 11.9. The fourth-order valence-electron chi connectivity index (χ4n) is 2.01. The third-order valence-electron chi connectivity index (χ3n) is 3.69. The van der Waals surface area contributed by atoms with Crippen molar-refractivity contribution in [2.24, 2.45) is 5.92 Å². The van der Waals surface area contributed by atoms with Crippen LogP contribution in [0.4, 0.5) is 0 Å². The lowest BCUT2D eigenvalue weighted by atomic mass is 10.1. The molecule has 1 amide bonds. The van der Waals surface area contributed by atoms with Crippen LogP contribution in [0.15, 0.2) is 0 Å². The highest BCUT2D eigenvalue weighted by Gasteiger charge is 2.26. The third-order valence-corrected chi connectivity index (χ3v) is 3.69. The molecule has 0 saturated heterocycles. The topological polar surface area (TPSA) is 41.1 Å². The van der Waals surface area contributed by atoms with E-state index < -0.39 is 0 Å². The van der Waals surface area contributed by atoms with Gasteiger partial charge in [-0.1, -0.05) is 26.7 Å². The maximum atomic E-state index is 11.9. The molecule has 2 N–H and O–H groups in total.